The van der Waals surface area contributed by atoms with Gasteiger partial charge in [0.1, 0.15) is 5.82 Å². The van der Waals surface area contributed by atoms with Gasteiger partial charge in [0, 0.05) is 50.1 Å². The lowest BCUT2D eigenvalue weighted by atomic mass is 10.2. The number of hydrogen-bond acceptors (Lipinski definition) is 5. The fraction of sp³-hybridized carbons (Fsp3) is 0.429. The van der Waals surface area contributed by atoms with Crippen molar-refractivity contribution in [2.24, 2.45) is 4.99 Å². The summed E-state index contributed by atoms with van der Waals surface area (Å²) in [6.07, 6.45) is 2.19. The van der Waals surface area contributed by atoms with Crippen molar-refractivity contribution in [1.29, 1.82) is 0 Å². The van der Waals surface area contributed by atoms with Crippen LogP contribution in [-0.2, 0) is 11.3 Å². The molecule has 0 spiro atoms. The minimum absolute atomic E-state index is 0.256. The van der Waals surface area contributed by atoms with Crippen molar-refractivity contribution in [2.75, 3.05) is 43.9 Å². The van der Waals surface area contributed by atoms with Crippen LogP contribution in [0.4, 0.5) is 5.82 Å². The molecular formula is C21H29N5OS. The zero-order chi connectivity index (χ0) is 19.6. The van der Waals surface area contributed by atoms with Crippen molar-refractivity contribution in [3.8, 4) is 0 Å². The van der Waals surface area contributed by atoms with E-state index in [9.17, 15) is 0 Å². The van der Waals surface area contributed by atoms with E-state index in [2.05, 4.69) is 68.8 Å². The Morgan fingerprint density at radius 1 is 1.25 bits per heavy atom. The molecule has 150 valence electrons. The Kier molecular flexibility index (Phi) is 7.99. The van der Waals surface area contributed by atoms with Crippen LogP contribution in [0.15, 0.2) is 58.5 Å². The molecule has 28 heavy (non-hydrogen) atoms. The van der Waals surface area contributed by atoms with Gasteiger partial charge in [-0.25, -0.2) is 4.98 Å². The molecular weight excluding hydrogens is 370 g/mol. The second-order valence-corrected chi connectivity index (χ2v) is 7.83. The molecule has 3 rings (SSSR count). The molecule has 2 heterocycles. The van der Waals surface area contributed by atoms with E-state index in [0.29, 0.717) is 6.54 Å². The smallest absolute Gasteiger partial charge is 0.191 e. The molecule has 0 amide bonds. The van der Waals surface area contributed by atoms with Crippen molar-refractivity contribution in [3.63, 3.8) is 0 Å². The molecule has 1 aromatic carbocycles. The van der Waals surface area contributed by atoms with Gasteiger partial charge in [-0.05, 0) is 30.7 Å². The summed E-state index contributed by atoms with van der Waals surface area (Å²) < 4.78 is 5.59. The SMILES string of the molecule is CN=C(NCCSc1ccccc1)NCc1ccc(N2CCOC(C)C2)nc1. The fourth-order valence-electron chi connectivity index (χ4n) is 3.00. The minimum atomic E-state index is 0.256. The van der Waals surface area contributed by atoms with Crippen molar-refractivity contribution in [3.05, 3.63) is 54.2 Å². The molecule has 1 aliphatic rings. The van der Waals surface area contributed by atoms with E-state index in [0.717, 1.165) is 49.3 Å². The summed E-state index contributed by atoms with van der Waals surface area (Å²) in [5.41, 5.74) is 1.13. The maximum atomic E-state index is 5.59. The van der Waals surface area contributed by atoms with Crippen LogP contribution in [0.2, 0.25) is 0 Å². The summed E-state index contributed by atoms with van der Waals surface area (Å²) in [5.74, 6) is 2.80. The lowest BCUT2D eigenvalue weighted by Crippen LogP contribution is -2.41. The zero-order valence-electron chi connectivity index (χ0n) is 16.6. The molecule has 1 aromatic heterocycles. The summed E-state index contributed by atoms with van der Waals surface area (Å²) in [7, 11) is 1.79. The summed E-state index contributed by atoms with van der Waals surface area (Å²) in [6, 6.07) is 14.6. The Hall–Kier alpha value is -2.25. The van der Waals surface area contributed by atoms with Crippen LogP contribution in [-0.4, -0.2) is 56.1 Å². The van der Waals surface area contributed by atoms with Crippen LogP contribution in [0.5, 0.6) is 0 Å². The standard InChI is InChI=1S/C21H29N5OS/c1-17-16-26(11-12-27-17)20-9-8-18(14-24-20)15-25-21(22-2)23-10-13-28-19-6-4-3-5-7-19/h3-9,14,17H,10-13,15-16H2,1-2H3,(H2,22,23,25). The van der Waals surface area contributed by atoms with Gasteiger partial charge in [-0.2, -0.15) is 0 Å². The second-order valence-electron chi connectivity index (χ2n) is 6.67. The number of guanidine groups is 1. The van der Waals surface area contributed by atoms with Crippen LogP contribution in [0.1, 0.15) is 12.5 Å². The van der Waals surface area contributed by atoms with Crippen molar-refractivity contribution < 1.29 is 4.74 Å². The van der Waals surface area contributed by atoms with Crippen LogP contribution in [0, 0.1) is 0 Å². The molecule has 2 aromatic rings. The summed E-state index contributed by atoms with van der Waals surface area (Å²) in [6.45, 7) is 6.19. The van der Waals surface area contributed by atoms with Crippen LogP contribution < -0.4 is 15.5 Å². The predicted octanol–water partition coefficient (Wildman–Crippen LogP) is 2.76. The number of morpholine rings is 1. The van der Waals surface area contributed by atoms with Crippen LogP contribution >= 0.6 is 11.8 Å². The number of nitrogens with zero attached hydrogens (tertiary/aromatic N) is 3. The van der Waals surface area contributed by atoms with Gasteiger partial charge in [0.05, 0.1) is 12.7 Å². The van der Waals surface area contributed by atoms with Gasteiger partial charge in [0.25, 0.3) is 0 Å². The molecule has 1 saturated heterocycles. The normalized spacial score (nSPS) is 17.4. The van der Waals surface area contributed by atoms with Crippen molar-refractivity contribution >= 4 is 23.5 Å². The Morgan fingerprint density at radius 2 is 2.11 bits per heavy atom. The van der Waals surface area contributed by atoms with E-state index in [1.165, 1.54) is 4.90 Å². The van der Waals surface area contributed by atoms with Gasteiger partial charge < -0.3 is 20.3 Å². The highest BCUT2D eigenvalue weighted by molar-refractivity contribution is 7.99. The van der Waals surface area contributed by atoms with Crippen LogP contribution in [0.25, 0.3) is 0 Å². The number of benzene rings is 1. The maximum Gasteiger partial charge on any atom is 0.191 e. The number of aromatic nitrogens is 1. The average Bonchev–Trinajstić information content (AvgIpc) is 2.74. The Morgan fingerprint density at radius 3 is 2.82 bits per heavy atom. The van der Waals surface area contributed by atoms with Crippen molar-refractivity contribution in [1.82, 2.24) is 15.6 Å². The first kappa shape index (κ1) is 20.5. The molecule has 7 heteroatoms. The lowest BCUT2D eigenvalue weighted by Gasteiger charge is -2.32. The van der Waals surface area contributed by atoms with Gasteiger partial charge >= 0.3 is 0 Å². The molecule has 0 aliphatic carbocycles. The number of aliphatic imine (C=N–C) groups is 1. The molecule has 6 nitrogen and oxygen atoms in total. The molecule has 1 fully saturated rings. The van der Waals surface area contributed by atoms with Gasteiger partial charge in [0.15, 0.2) is 5.96 Å². The Balaban J connectivity index is 1.39. The van der Waals surface area contributed by atoms with E-state index in [1.54, 1.807) is 7.05 Å². The maximum absolute atomic E-state index is 5.59. The highest BCUT2D eigenvalue weighted by Crippen LogP contribution is 2.16. The molecule has 1 unspecified atom stereocenters. The average molecular weight is 400 g/mol. The van der Waals surface area contributed by atoms with E-state index in [4.69, 9.17) is 4.74 Å². The summed E-state index contributed by atoms with van der Waals surface area (Å²) in [5, 5.41) is 6.70. The number of pyridine rings is 1. The first-order valence-electron chi connectivity index (χ1n) is 9.68. The number of anilines is 1. The van der Waals surface area contributed by atoms with Gasteiger partial charge in [-0.3, -0.25) is 4.99 Å². The molecule has 2 N–H and O–H groups in total. The largest absolute Gasteiger partial charge is 0.375 e. The van der Waals surface area contributed by atoms with Gasteiger partial charge in [-0.15, -0.1) is 11.8 Å². The third-order valence-electron chi connectivity index (χ3n) is 4.46. The monoisotopic (exact) mass is 399 g/mol. The molecule has 0 saturated carbocycles. The first-order valence-corrected chi connectivity index (χ1v) is 10.7. The zero-order valence-corrected chi connectivity index (χ0v) is 17.4. The molecule has 1 atom stereocenters. The number of hydrogen-bond donors (Lipinski definition) is 2. The van der Waals surface area contributed by atoms with E-state index >= 15 is 0 Å². The molecule has 0 radical (unpaired) electrons. The molecule has 0 bridgehead atoms. The Bertz CT molecular complexity index is 738. The fourth-order valence-corrected chi connectivity index (χ4v) is 3.79. The summed E-state index contributed by atoms with van der Waals surface area (Å²) >= 11 is 1.83. The van der Waals surface area contributed by atoms with Gasteiger partial charge in [-0.1, -0.05) is 24.3 Å². The van der Waals surface area contributed by atoms with E-state index < -0.39 is 0 Å². The number of thioether (sulfide) groups is 1. The number of nitrogens with one attached hydrogen (secondary N) is 2. The lowest BCUT2D eigenvalue weighted by molar-refractivity contribution is 0.0529. The third kappa shape index (κ3) is 6.42. The number of ether oxygens (including phenoxy) is 1. The third-order valence-corrected chi connectivity index (χ3v) is 5.48. The van der Waals surface area contributed by atoms with E-state index in [1.807, 2.05) is 24.0 Å². The quantitative estimate of drug-likeness (QED) is 0.323. The molecule has 1 aliphatic heterocycles. The van der Waals surface area contributed by atoms with Crippen LogP contribution in [0.3, 0.4) is 0 Å². The summed E-state index contributed by atoms with van der Waals surface area (Å²) in [4.78, 5) is 12.5. The number of rotatable bonds is 7. The van der Waals surface area contributed by atoms with Crippen molar-refractivity contribution in [2.45, 2.75) is 24.5 Å². The predicted molar refractivity (Wildman–Crippen MR) is 117 cm³/mol. The topological polar surface area (TPSA) is 61.8 Å². The van der Waals surface area contributed by atoms with E-state index in [-0.39, 0.29) is 6.10 Å². The van der Waals surface area contributed by atoms with Gasteiger partial charge in [0.2, 0.25) is 0 Å². The highest BCUT2D eigenvalue weighted by atomic mass is 32.2. The Labute approximate surface area is 171 Å². The minimum Gasteiger partial charge on any atom is -0.375 e. The first-order chi connectivity index (χ1) is 13.7. The second kappa shape index (κ2) is 10.9. The highest BCUT2D eigenvalue weighted by Gasteiger charge is 2.17.